The molecule has 0 amide bonds. The molecule has 0 aliphatic carbocycles. The second-order valence-corrected chi connectivity index (χ2v) is 10.6. The highest BCUT2D eigenvalue weighted by atomic mass is 32.2. The monoisotopic (exact) mass is 493 g/mol. The van der Waals surface area contributed by atoms with Crippen LogP contribution in [0.1, 0.15) is 5.56 Å². The highest BCUT2D eigenvalue weighted by Gasteiger charge is 2.15. The molecule has 34 heavy (non-hydrogen) atoms. The predicted molar refractivity (Wildman–Crippen MR) is 150 cm³/mol. The van der Waals surface area contributed by atoms with Gasteiger partial charge in [-0.05, 0) is 60.9 Å². The molecular weight excluding hydrogens is 475 g/mol. The number of thioether (sulfide) groups is 1. The summed E-state index contributed by atoms with van der Waals surface area (Å²) in [5.41, 5.74) is 6.24. The molecule has 6 heteroatoms. The van der Waals surface area contributed by atoms with Gasteiger partial charge in [0, 0.05) is 16.7 Å². The van der Waals surface area contributed by atoms with Crippen LogP contribution in [0.5, 0.6) is 0 Å². The number of aliphatic imine (C=N–C) groups is 1. The number of rotatable bonds is 4. The van der Waals surface area contributed by atoms with E-state index in [9.17, 15) is 0 Å². The Morgan fingerprint density at radius 2 is 1.21 bits per heavy atom. The third-order valence-electron chi connectivity index (χ3n) is 5.44. The second-order valence-electron chi connectivity index (χ2n) is 7.73. The average molecular weight is 494 g/mol. The molecule has 2 aromatic heterocycles. The van der Waals surface area contributed by atoms with Crippen molar-refractivity contribution < 1.29 is 0 Å². The first kappa shape index (κ1) is 21.2. The van der Waals surface area contributed by atoms with Crippen LogP contribution in [0.25, 0.3) is 41.6 Å². The fourth-order valence-electron chi connectivity index (χ4n) is 3.84. The standard InChI is InChI=1S/C28H19N3S3/c1-32-26(29-21-9-3-2-4-10-21)18-15-19(27-30-22-11-5-7-13-24(22)33-27)17-20(16-18)28-31-23-12-6-8-14-25(23)34-28/h2-17H,1H3. The zero-order chi connectivity index (χ0) is 22.9. The van der Waals surface area contributed by atoms with Gasteiger partial charge in [0.2, 0.25) is 0 Å². The smallest absolute Gasteiger partial charge is 0.124 e. The SMILES string of the molecule is CSC(=Nc1ccccc1)c1cc(-c2nc3ccccc3s2)cc(-c2nc3ccccc3s2)c1. The van der Waals surface area contributed by atoms with Crippen molar-refractivity contribution in [3.63, 3.8) is 0 Å². The van der Waals surface area contributed by atoms with Crippen LogP contribution in [-0.2, 0) is 0 Å². The first-order chi connectivity index (χ1) is 16.8. The summed E-state index contributed by atoms with van der Waals surface area (Å²) in [6, 6.07) is 33.3. The number of fused-ring (bicyclic) bond motifs is 2. The molecule has 0 saturated heterocycles. The van der Waals surface area contributed by atoms with Gasteiger partial charge in [-0.2, -0.15) is 0 Å². The van der Waals surface area contributed by atoms with Crippen molar-refractivity contribution in [2.45, 2.75) is 0 Å². The Hall–Kier alpha value is -3.32. The van der Waals surface area contributed by atoms with E-state index in [0.717, 1.165) is 48.5 Å². The van der Waals surface area contributed by atoms with E-state index in [2.05, 4.69) is 60.9 Å². The van der Waals surface area contributed by atoms with Crippen LogP contribution in [0.3, 0.4) is 0 Å². The van der Waals surface area contributed by atoms with Gasteiger partial charge < -0.3 is 0 Å². The molecule has 164 valence electrons. The Labute approximate surface area is 209 Å². The molecule has 2 heterocycles. The average Bonchev–Trinajstić information content (AvgIpc) is 3.52. The minimum Gasteiger partial charge on any atom is -0.241 e. The lowest BCUT2D eigenvalue weighted by Gasteiger charge is -2.09. The molecule has 0 radical (unpaired) electrons. The molecule has 0 bridgehead atoms. The van der Waals surface area contributed by atoms with Crippen LogP contribution in [0.15, 0.2) is 102 Å². The Balaban J connectivity index is 1.55. The number of hydrogen-bond donors (Lipinski definition) is 0. The summed E-state index contributed by atoms with van der Waals surface area (Å²) >= 11 is 5.08. The summed E-state index contributed by atoms with van der Waals surface area (Å²) in [4.78, 5) is 14.8. The number of hydrogen-bond acceptors (Lipinski definition) is 6. The fourth-order valence-corrected chi connectivity index (χ4v) is 6.29. The maximum Gasteiger partial charge on any atom is 0.124 e. The van der Waals surface area contributed by atoms with Gasteiger partial charge in [0.1, 0.15) is 15.1 Å². The van der Waals surface area contributed by atoms with Gasteiger partial charge in [-0.3, -0.25) is 0 Å². The first-order valence-corrected chi connectivity index (χ1v) is 13.7. The lowest BCUT2D eigenvalue weighted by atomic mass is 10.1. The number of benzene rings is 4. The Morgan fingerprint density at radius 3 is 1.74 bits per heavy atom. The number of aromatic nitrogens is 2. The van der Waals surface area contributed by atoms with E-state index in [0.29, 0.717) is 0 Å². The molecule has 3 nitrogen and oxygen atoms in total. The summed E-state index contributed by atoms with van der Waals surface area (Å²) in [5, 5.41) is 2.98. The van der Waals surface area contributed by atoms with Gasteiger partial charge in [0.15, 0.2) is 0 Å². The van der Waals surface area contributed by atoms with E-state index < -0.39 is 0 Å². The van der Waals surface area contributed by atoms with Crippen molar-refractivity contribution in [1.29, 1.82) is 0 Å². The van der Waals surface area contributed by atoms with Crippen molar-refractivity contribution in [3.8, 4) is 21.1 Å². The van der Waals surface area contributed by atoms with Gasteiger partial charge in [-0.25, -0.2) is 15.0 Å². The molecule has 0 atom stereocenters. The van der Waals surface area contributed by atoms with Gasteiger partial charge in [0.05, 0.1) is 26.1 Å². The minimum atomic E-state index is 0.943. The van der Waals surface area contributed by atoms with Crippen molar-refractivity contribution in [3.05, 3.63) is 103 Å². The Kier molecular flexibility index (Phi) is 5.71. The quantitative estimate of drug-likeness (QED) is 0.182. The third-order valence-corrected chi connectivity index (χ3v) is 8.33. The molecule has 0 fully saturated rings. The van der Waals surface area contributed by atoms with Gasteiger partial charge >= 0.3 is 0 Å². The Morgan fingerprint density at radius 1 is 0.676 bits per heavy atom. The lowest BCUT2D eigenvalue weighted by molar-refractivity contribution is 1.45. The molecule has 0 N–H and O–H groups in total. The lowest BCUT2D eigenvalue weighted by Crippen LogP contribution is -1.96. The number of nitrogens with zero attached hydrogens (tertiary/aromatic N) is 3. The highest BCUT2D eigenvalue weighted by Crippen LogP contribution is 2.37. The van der Waals surface area contributed by atoms with Crippen LogP contribution < -0.4 is 0 Å². The topological polar surface area (TPSA) is 38.1 Å². The molecule has 6 aromatic rings. The third kappa shape index (κ3) is 4.16. The molecule has 6 rings (SSSR count). The normalized spacial score (nSPS) is 12.0. The van der Waals surface area contributed by atoms with Crippen molar-refractivity contribution in [2.24, 2.45) is 4.99 Å². The van der Waals surface area contributed by atoms with Crippen LogP contribution in [0.4, 0.5) is 5.69 Å². The molecule has 0 aliphatic rings. The summed E-state index contributed by atoms with van der Waals surface area (Å²) in [7, 11) is 0. The van der Waals surface area contributed by atoms with E-state index in [1.807, 2.05) is 42.5 Å². The van der Waals surface area contributed by atoms with Gasteiger partial charge in [-0.15, -0.1) is 34.4 Å². The van der Waals surface area contributed by atoms with Gasteiger partial charge in [0.25, 0.3) is 0 Å². The maximum atomic E-state index is 4.95. The predicted octanol–water partition coefficient (Wildman–Crippen LogP) is 8.68. The largest absolute Gasteiger partial charge is 0.241 e. The van der Waals surface area contributed by atoms with Crippen molar-refractivity contribution in [1.82, 2.24) is 9.97 Å². The van der Waals surface area contributed by atoms with Crippen molar-refractivity contribution >= 4 is 65.6 Å². The Bertz CT molecular complexity index is 1490. The maximum absolute atomic E-state index is 4.95. The summed E-state index contributed by atoms with van der Waals surface area (Å²) < 4.78 is 2.37. The summed E-state index contributed by atoms with van der Waals surface area (Å²) in [6.07, 6.45) is 2.07. The zero-order valence-corrected chi connectivity index (χ0v) is 20.8. The minimum absolute atomic E-state index is 0.943. The number of para-hydroxylation sites is 3. The highest BCUT2D eigenvalue weighted by molar-refractivity contribution is 8.13. The molecule has 0 spiro atoms. The first-order valence-electron chi connectivity index (χ1n) is 10.8. The molecular formula is C28H19N3S3. The van der Waals surface area contributed by atoms with E-state index in [1.165, 1.54) is 9.40 Å². The van der Waals surface area contributed by atoms with Crippen LogP contribution in [-0.4, -0.2) is 21.3 Å². The van der Waals surface area contributed by atoms with Crippen molar-refractivity contribution in [2.75, 3.05) is 6.26 Å². The van der Waals surface area contributed by atoms with E-state index in [4.69, 9.17) is 15.0 Å². The van der Waals surface area contributed by atoms with Crippen LogP contribution in [0, 0.1) is 0 Å². The van der Waals surface area contributed by atoms with E-state index >= 15 is 0 Å². The fraction of sp³-hybridized carbons (Fsp3) is 0.0357. The zero-order valence-electron chi connectivity index (χ0n) is 18.3. The molecule has 0 aliphatic heterocycles. The number of thiazole rings is 2. The molecule has 4 aromatic carbocycles. The summed E-state index contributed by atoms with van der Waals surface area (Å²) in [5.74, 6) is 0. The summed E-state index contributed by atoms with van der Waals surface area (Å²) in [6.45, 7) is 0. The van der Waals surface area contributed by atoms with E-state index in [-0.39, 0.29) is 0 Å². The molecule has 0 unspecified atom stereocenters. The van der Waals surface area contributed by atoms with Gasteiger partial charge in [-0.1, -0.05) is 42.5 Å². The van der Waals surface area contributed by atoms with Crippen LogP contribution >= 0.6 is 34.4 Å². The van der Waals surface area contributed by atoms with E-state index in [1.54, 1.807) is 34.4 Å². The van der Waals surface area contributed by atoms with Crippen LogP contribution in [0.2, 0.25) is 0 Å². The second kappa shape index (κ2) is 9.14. The molecule has 0 saturated carbocycles.